The number of aliphatic hydroxyl groups excluding tert-OH is 2. The van der Waals surface area contributed by atoms with Crippen LogP contribution in [0.5, 0.6) is 0 Å². The first-order chi connectivity index (χ1) is 15.5. The number of aliphatic hydroxyl groups is 2. The largest absolute Gasteiger partial charge is 0.390 e. The first-order valence-electron chi connectivity index (χ1n) is 12.5. The Hall–Kier alpha value is -1.77. The van der Waals surface area contributed by atoms with Gasteiger partial charge in [-0.2, -0.15) is 0 Å². The van der Waals surface area contributed by atoms with Gasteiger partial charge in [0.2, 0.25) is 5.95 Å². The summed E-state index contributed by atoms with van der Waals surface area (Å²) in [5.74, 6) is 1.22. The maximum absolute atomic E-state index is 13.2. The van der Waals surface area contributed by atoms with E-state index < -0.39 is 12.2 Å². The smallest absolute Gasteiger partial charge is 0.257 e. The van der Waals surface area contributed by atoms with Crippen LogP contribution in [-0.2, 0) is 0 Å². The second-order valence-corrected chi connectivity index (χ2v) is 10.3. The molecule has 0 bridgehead atoms. The maximum atomic E-state index is 13.2. The van der Waals surface area contributed by atoms with Crippen LogP contribution in [0.1, 0.15) is 61.0 Å². The molecule has 0 radical (unpaired) electrons. The molecule has 2 N–H and O–H groups in total. The third-order valence-electron chi connectivity index (χ3n) is 8.28. The maximum Gasteiger partial charge on any atom is 0.257 e. The van der Waals surface area contributed by atoms with E-state index in [1.165, 1.54) is 32.1 Å². The minimum atomic E-state index is -0.672. The van der Waals surface area contributed by atoms with E-state index >= 15 is 0 Å². The number of hydrogen-bond donors (Lipinski definition) is 2. The lowest BCUT2D eigenvalue weighted by molar-refractivity contribution is -0.0372. The van der Waals surface area contributed by atoms with Crippen molar-refractivity contribution in [2.45, 2.75) is 70.1 Å². The zero-order valence-electron chi connectivity index (χ0n) is 19.2. The van der Waals surface area contributed by atoms with Crippen LogP contribution in [0.15, 0.2) is 6.20 Å². The predicted octanol–water partition coefficient (Wildman–Crippen LogP) is 1.44. The molecule has 1 aromatic rings. The molecule has 4 unspecified atom stereocenters. The van der Waals surface area contributed by atoms with Crippen molar-refractivity contribution >= 4 is 11.9 Å². The molecule has 176 valence electrons. The van der Waals surface area contributed by atoms with Gasteiger partial charge in [0, 0.05) is 51.5 Å². The molecule has 2 aliphatic heterocycles. The van der Waals surface area contributed by atoms with Gasteiger partial charge in [0.15, 0.2) is 0 Å². The molecule has 0 aromatic carbocycles. The highest BCUT2D eigenvalue weighted by molar-refractivity contribution is 5.95. The van der Waals surface area contributed by atoms with Crippen molar-refractivity contribution in [3.8, 4) is 0 Å². The van der Waals surface area contributed by atoms with Crippen molar-refractivity contribution in [1.82, 2.24) is 19.8 Å². The zero-order valence-corrected chi connectivity index (χ0v) is 19.2. The summed E-state index contributed by atoms with van der Waals surface area (Å²) < 4.78 is 0. The monoisotopic (exact) mass is 443 g/mol. The molecule has 4 aliphatic rings. The minimum absolute atomic E-state index is 0.0328. The van der Waals surface area contributed by atoms with Gasteiger partial charge in [-0.15, -0.1) is 0 Å². The molecule has 32 heavy (non-hydrogen) atoms. The van der Waals surface area contributed by atoms with E-state index in [0.29, 0.717) is 31.5 Å². The van der Waals surface area contributed by atoms with Crippen molar-refractivity contribution in [2.24, 2.45) is 11.8 Å². The first kappa shape index (κ1) is 22.0. The highest BCUT2D eigenvalue weighted by Gasteiger charge is 2.43. The van der Waals surface area contributed by atoms with E-state index in [1.807, 2.05) is 11.8 Å². The molecule has 1 amide bonds. The van der Waals surface area contributed by atoms with Crippen LogP contribution in [0.25, 0.3) is 0 Å². The third kappa shape index (κ3) is 4.37. The summed E-state index contributed by atoms with van der Waals surface area (Å²) in [6, 6.07) is 0.750. The molecule has 0 spiro atoms. The lowest BCUT2D eigenvalue weighted by Crippen LogP contribution is -2.51. The number of nitrogens with zero attached hydrogens (tertiary/aromatic N) is 5. The van der Waals surface area contributed by atoms with Crippen molar-refractivity contribution in [3.05, 3.63) is 17.5 Å². The highest BCUT2D eigenvalue weighted by atomic mass is 16.3. The number of aromatic nitrogens is 2. The van der Waals surface area contributed by atoms with E-state index in [2.05, 4.69) is 14.8 Å². The number of piperazine rings is 1. The first-order valence-corrected chi connectivity index (χ1v) is 12.5. The molecule has 8 nitrogen and oxygen atoms in total. The van der Waals surface area contributed by atoms with Crippen LogP contribution in [0.3, 0.4) is 0 Å². The normalized spacial score (nSPS) is 32.2. The molecule has 4 atom stereocenters. The number of carbonyl (C=O) groups is 1. The molecule has 8 heteroatoms. The Kier molecular flexibility index (Phi) is 6.36. The Morgan fingerprint density at radius 3 is 2.19 bits per heavy atom. The Morgan fingerprint density at radius 2 is 1.59 bits per heavy atom. The lowest BCUT2D eigenvalue weighted by Gasteiger charge is -2.40. The van der Waals surface area contributed by atoms with E-state index in [0.717, 1.165) is 43.9 Å². The molecular formula is C24H37N5O3. The SMILES string of the molecule is Cc1nc(N2CCN(C3CCCCC3)CC2)ncc1C(=O)N1CC2CC(O)C(O)CC2C1. The average molecular weight is 444 g/mol. The van der Waals surface area contributed by atoms with Gasteiger partial charge in [0.05, 0.1) is 23.5 Å². The third-order valence-corrected chi connectivity index (χ3v) is 8.28. The van der Waals surface area contributed by atoms with Crippen molar-refractivity contribution < 1.29 is 15.0 Å². The molecule has 2 saturated heterocycles. The zero-order chi connectivity index (χ0) is 22.2. The van der Waals surface area contributed by atoms with Gasteiger partial charge in [-0.25, -0.2) is 9.97 Å². The van der Waals surface area contributed by atoms with E-state index in [9.17, 15) is 15.0 Å². The van der Waals surface area contributed by atoms with Crippen molar-refractivity contribution in [3.63, 3.8) is 0 Å². The van der Waals surface area contributed by atoms with E-state index in [-0.39, 0.29) is 17.7 Å². The van der Waals surface area contributed by atoms with Gasteiger partial charge in [-0.3, -0.25) is 9.69 Å². The van der Waals surface area contributed by atoms with Crippen LogP contribution in [0, 0.1) is 18.8 Å². The van der Waals surface area contributed by atoms with Gasteiger partial charge < -0.3 is 20.0 Å². The van der Waals surface area contributed by atoms with Gasteiger partial charge in [-0.1, -0.05) is 19.3 Å². The van der Waals surface area contributed by atoms with Gasteiger partial charge in [0.1, 0.15) is 0 Å². The number of likely N-dealkylation sites (tertiary alicyclic amines) is 1. The Bertz CT molecular complexity index is 804. The molecule has 3 heterocycles. The second-order valence-electron chi connectivity index (χ2n) is 10.3. The summed E-state index contributed by atoms with van der Waals surface area (Å²) >= 11 is 0. The molecular weight excluding hydrogens is 406 g/mol. The molecule has 2 saturated carbocycles. The Labute approximate surface area is 190 Å². The van der Waals surface area contributed by atoms with Crippen LogP contribution in [-0.4, -0.2) is 93.4 Å². The number of amides is 1. The van der Waals surface area contributed by atoms with Gasteiger partial charge in [-0.05, 0) is 44.4 Å². The Morgan fingerprint density at radius 1 is 0.969 bits per heavy atom. The quantitative estimate of drug-likeness (QED) is 0.730. The van der Waals surface area contributed by atoms with Crippen molar-refractivity contribution in [1.29, 1.82) is 0 Å². The summed E-state index contributed by atoms with van der Waals surface area (Å²) in [6.45, 7) is 7.15. The fraction of sp³-hybridized carbons (Fsp3) is 0.792. The van der Waals surface area contributed by atoms with Crippen LogP contribution in [0.4, 0.5) is 5.95 Å². The molecule has 2 aliphatic carbocycles. The lowest BCUT2D eigenvalue weighted by atomic mass is 9.79. The minimum Gasteiger partial charge on any atom is -0.390 e. The van der Waals surface area contributed by atoms with E-state index in [1.54, 1.807) is 6.20 Å². The van der Waals surface area contributed by atoms with Gasteiger partial charge >= 0.3 is 0 Å². The van der Waals surface area contributed by atoms with Crippen LogP contribution >= 0.6 is 0 Å². The number of anilines is 1. The van der Waals surface area contributed by atoms with Crippen LogP contribution in [0.2, 0.25) is 0 Å². The van der Waals surface area contributed by atoms with Gasteiger partial charge in [0.25, 0.3) is 5.91 Å². The standard InChI is InChI=1S/C24H37N5O3/c1-16-20(23(32)29-14-17-11-21(30)22(31)12-18(17)15-29)13-25-24(26-16)28-9-7-27(8-10-28)19-5-3-2-4-6-19/h13,17-19,21-22,30-31H,2-12,14-15H2,1H3. The molecule has 4 fully saturated rings. The topological polar surface area (TPSA) is 93.0 Å². The average Bonchev–Trinajstić information content (AvgIpc) is 3.22. The number of carbonyl (C=O) groups excluding carboxylic acids is 1. The predicted molar refractivity (Wildman–Crippen MR) is 122 cm³/mol. The number of fused-ring (bicyclic) bond motifs is 1. The molecule has 1 aromatic heterocycles. The summed E-state index contributed by atoms with van der Waals surface area (Å²) in [4.78, 5) is 29.2. The van der Waals surface area contributed by atoms with Crippen molar-refractivity contribution in [2.75, 3.05) is 44.2 Å². The van der Waals surface area contributed by atoms with E-state index in [4.69, 9.17) is 4.98 Å². The fourth-order valence-electron chi connectivity index (χ4n) is 6.29. The summed E-state index contributed by atoms with van der Waals surface area (Å²) in [7, 11) is 0. The second kappa shape index (κ2) is 9.23. The number of rotatable bonds is 3. The molecule has 5 rings (SSSR count). The summed E-state index contributed by atoms with van der Waals surface area (Å²) in [6.07, 6.45) is 8.27. The highest BCUT2D eigenvalue weighted by Crippen LogP contribution is 2.37. The van der Waals surface area contributed by atoms with Crippen LogP contribution < -0.4 is 4.90 Å². The summed E-state index contributed by atoms with van der Waals surface area (Å²) in [5.41, 5.74) is 1.29. The number of hydrogen-bond acceptors (Lipinski definition) is 7. The Balaban J connectivity index is 1.20. The number of aryl methyl sites for hydroxylation is 1. The fourth-order valence-corrected chi connectivity index (χ4v) is 6.29. The summed E-state index contributed by atoms with van der Waals surface area (Å²) in [5, 5.41) is 19.9.